The molecule has 1 aliphatic heterocycles. The molecule has 5 rings (SSSR count). The van der Waals surface area contributed by atoms with Crippen LogP contribution in [-0.4, -0.2) is 36.8 Å². The summed E-state index contributed by atoms with van der Waals surface area (Å²) in [7, 11) is 0. The van der Waals surface area contributed by atoms with Crippen molar-refractivity contribution in [3.05, 3.63) is 65.3 Å². The van der Waals surface area contributed by atoms with Crippen molar-refractivity contribution in [2.24, 2.45) is 0 Å². The maximum atomic E-state index is 6.01. The van der Waals surface area contributed by atoms with Gasteiger partial charge in [-0.3, -0.25) is 4.90 Å². The molecule has 0 saturated carbocycles. The van der Waals surface area contributed by atoms with Crippen LogP contribution < -0.4 is 0 Å². The Bertz CT molecular complexity index is 1170. The van der Waals surface area contributed by atoms with E-state index in [1.807, 2.05) is 43.5 Å². The summed E-state index contributed by atoms with van der Waals surface area (Å²) in [5.74, 6) is 2.53. The molecule has 0 saturated heterocycles. The third-order valence-electron chi connectivity index (χ3n) is 5.34. The highest BCUT2D eigenvalue weighted by Crippen LogP contribution is 2.33. The smallest absolute Gasteiger partial charge is 0.253 e. The molecule has 4 heterocycles. The summed E-state index contributed by atoms with van der Waals surface area (Å²) in [6.45, 7) is 6.15. The first-order valence-corrected chi connectivity index (χ1v) is 10.1. The molecule has 0 unspecified atom stereocenters. The van der Waals surface area contributed by atoms with Crippen LogP contribution in [0.1, 0.15) is 35.7 Å². The highest BCUT2D eigenvalue weighted by Gasteiger charge is 2.24. The van der Waals surface area contributed by atoms with E-state index in [1.54, 1.807) is 0 Å². The van der Waals surface area contributed by atoms with E-state index in [-0.39, 0.29) is 0 Å². The van der Waals surface area contributed by atoms with Crippen LogP contribution in [0, 0.1) is 6.92 Å². The second-order valence-corrected chi connectivity index (χ2v) is 7.40. The molecule has 0 spiro atoms. The summed E-state index contributed by atoms with van der Waals surface area (Å²) < 4.78 is 11.4. The molecule has 152 valence electrons. The molecular weight excluding hydrogens is 380 g/mol. The fourth-order valence-corrected chi connectivity index (χ4v) is 3.73. The molecule has 0 aliphatic carbocycles. The van der Waals surface area contributed by atoms with Gasteiger partial charge in [0, 0.05) is 31.3 Å². The zero-order valence-electron chi connectivity index (χ0n) is 17.0. The Kier molecular flexibility index (Phi) is 4.84. The van der Waals surface area contributed by atoms with Crippen LogP contribution in [0.3, 0.4) is 0 Å². The molecule has 8 nitrogen and oxygen atoms in total. The minimum Gasteiger partial charge on any atom is -0.419 e. The van der Waals surface area contributed by atoms with Crippen molar-refractivity contribution in [2.45, 2.75) is 39.8 Å². The van der Waals surface area contributed by atoms with Crippen LogP contribution in [0.25, 0.3) is 22.7 Å². The summed E-state index contributed by atoms with van der Waals surface area (Å²) in [5.41, 5.74) is 4.71. The lowest BCUT2D eigenvalue weighted by atomic mass is 10.1. The number of benzene rings is 1. The topological polar surface area (TPSA) is 94.0 Å². The summed E-state index contributed by atoms with van der Waals surface area (Å²) in [6.07, 6.45) is 3.72. The fraction of sp³-hybridized carbons (Fsp3) is 0.318. The Labute approximate surface area is 174 Å². The highest BCUT2D eigenvalue weighted by molar-refractivity contribution is 5.77. The Hall–Kier alpha value is -3.39. The molecule has 1 aliphatic rings. The Morgan fingerprint density at radius 1 is 1.13 bits per heavy atom. The summed E-state index contributed by atoms with van der Waals surface area (Å²) in [6, 6.07) is 9.85. The zero-order chi connectivity index (χ0) is 20.5. The molecule has 4 aromatic rings. The average molecular weight is 402 g/mol. The number of hydrogen-bond donors (Lipinski definition) is 0. The lowest BCUT2D eigenvalue weighted by molar-refractivity contribution is 0.218. The Morgan fingerprint density at radius 2 is 2.00 bits per heavy atom. The molecule has 0 radical (unpaired) electrons. The second kappa shape index (κ2) is 7.79. The quantitative estimate of drug-likeness (QED) is 0.500. The van der Waals surface area contributed by atoms with Gasteiger partial charge in [-0.15, -0.1) is 10.2 Å². The molecule has 8 heteroatoms. The average Bonchev–Trinajstić information content (AvgIpc) is 3.39. The van der Waals surface area contributed by atoms with Gasteiger partial charge in [0.05, 0.1) is 12.2 Å². The third kappa shape index (κ3) is 3.50. The number of aryl methyl sites for hydroxylation is 2. The van der Waals surface area contributed by atoms with Crippen LogP contribution in [0.4, 0.5) is 0 Å². The van der Waals surface area contributed by atoms with E-state index in [2.05, 4.69) is 37.1 Å². The van der Waals surface area contributed by atoms with Crippen LogP contribution in [-0.2, 0) is 25.9 Å². The molecule has 0 bridgehead atoms. The molecule has 0 amide bonds. The Balaban J connectivity index is 1.37. The zero-order valence-corrected chi connectivity index (χ0v) is 17.0. The van der Waals surface area contributed by atoms with Crippen molar-refractivity contribution in [1.82, 2.24) is 30.2 Å². The van der Waals surface area contributed by atoms with E-state index in [0.29, 0.717) is 29.8 Å². The molecule has 30 heavy (non-hydrogen) atoms. The normalized spacial score (nSPS) is 14.1. The van der Waals surface area contributed by atoms with Crippen LogP contribution in [0.5, 0.6) is 0 Å². The standard InChI is InChI=1S/C22H22N6O2/c1-3-18-23-11-16-9-10-28(12-17(16)24-18)13-19-25-26-22(29-19)20-14(2)30-27-21(20)15-7-5-4-6-8-15/h4-8,11H,3,9-10,12-13H2,1-2H3. The minimum absolute atomic E-state index is 0.426. The Morgan fingerprint density at radius 3 is 2.83 bits per heavy atom. The highest BCUT2D eigenvalue weighted by atomic mass is 16.5. The fourth-order valence-electron chi connectivity index (χ4n) is 3.73. The first-order valence-electron chi connectivity index (χ1n) is 10.1. The summed E-state index contributed by atoms with van der Waals surface area (Å²) in [4.78, 5) is 11.4. The van der Waals surface area contributed by atoms with Crippen molar-refractivity contribution in [3.8, 4) is 22.7 Å². The van der Waals surface area contributed by atoms with Crippen LogP contribution in [0.2, 0.25) is 0 Å². The molecule has 0 fully saturated rings. The van der Waals surface area contributed by atoms with Crippen molar-refractivity contribution in [2.75, 3.05) is 6.54 Å². The maximum Gasteiger partial charge on any atom is 0.253 e. The first kappa shape index (κ1) is 18.6. The van der Waals surface area contributed by atoms with Gasteiger partial charge in [-0.1, -0.05) is 42.4 Å². The van der Waals surface area contributed by atoms with Crippen molar-refractivity contribution < 1.29 is 8.94 Å². The van der Waals surface area contributed by atoms with Gasteiger partial charge >= 0.3 is 0 Å². The second-order valence-electron chi connectivity index (χ2n) is 7.40. The lowest BCUT2D eigenvalue weighted by Crippen LogP contribution is -2.31. The van der Waals surface area contributed by atoms with Crippen molar-refractivity contribution >= 4 is 0 Å². The van der Waals surface area contributed by atoms with Gasteiger partial charge in [-0.2, -0.15) is 0 Å². The first-order chi connectivity index (χ1) is 14.7. The van der Waals surface area contributed by atoms with E-state index in [1.165, 1.54) is 5.56 Å². The van der Waals surface area contributed by atoms with Gasteiger partial charge in [0.2, 0.25) is 5.89 Å². The minimum atomic E-state index is 0.426. The number of hydrogen-bond acceptors (Lipinski definition) is 8. The van der Waals surface area contributed by atoms with Gasteiger partial charge in [0.25, 0.3) is 5.89 Å². The number of aromatic nitrogens is 5. The SMILES string of the molecule is CCc1ncc2c(n1)CN(Cc1nnc(-c3c(-c4ccccc4)noc3C)o1)CC2. The molecule has 0 atom stereocenters. The third-order valence-corrected chi connectivity index (χ3v) is 5.34. The van der Waals surface area contributed by atoms with Gasteiger partial charge in [0.1, 0.15) is 22.8 Å². The van der Waals surface area contributed by atoms with E-state index in [9.17, 15) is 0 Å². The van der Waals surface area contributed by atoms with Gasteiger partial charge in [0.15, 0.2) is 0 Å². The summed E-state index contributed by atoms with van der Waals surface area (Å²) >= 11 is 0. The number of nitrogens with zero attached hydrogens (tertiary/aromatic N) is 6. The predicted octanol–water partition coefficient (Wildman–Crippen LogP) is 3.61. The number of fused-ring (bicyclic) bond motifs is 1. The number of rotatable bonds is 5. The van der Waals surface area contributed by atoms with Crippen LogP contribution in [0.15, 0.2) is 45.5 Å². The van der Waals surface area contributed by atoms with Gasteiger partial charge < -0.3 is 8.94 Å². The monoisotopic (exact) mass is 402 g/mol. The molecular formula is C22H22N6O2. The van der Waals surface area contributed by atoms with Gasteiger partial charge in [-0.25, -0.2) is 9.97 Å². The van der Waals surface area contributed by atoms with E-state index in [0.717, 1.165) is 48.6 Å². The van der Waals surface area contributed by atoms with Gasteiger partial charge in [-0.05, 0) is 18.9 Å². The lowest BCUT2D eigenvalue weighted by Gasteiger charge is -2.26. The van der Waals surface area contributed by atoms with E-state index < -0.39 is 0 Å². The van der Waals surface area contributed by atoms with E-state index in [4.69, 9.17) is 8.94 Å². The summed E-state index contributed by atoms with van der Waals surface area (Å²) in [5, 5.41) is 12.7. The molecule has 3 aromatic heterocycles. The molecule has 0 N–H and O–H groups in total. The maximum absolute atomic E-state index is 6.01. The van der Waals surface area contributed by atoms with Crippen LogP contribution >= 0.6 is 0 Å². The largest absolute Gasteiger partial charge is 0.419 e. The van der Waals surface area contributed by atoms with E-state index >= 15 is 0 Å². The molecule has 1 aromatic carbocycles. The predicted molar refractivity (Wildman–Crippen MR) is 109 cm³/mol. The van der Waals surface area contributed by atoms with Crippen molar-refractivity contribution in [1.29, 1.82) is 0 Å². The van der Waals surface area contributed by atoms with Crippen molar-refractivity contribution in [3.63, 3.8) is 0 Å².